The van der Waals surface area contributed by atoms with Crippen molar-refractivity contribution >= 4 is 39.2 Å². The lowest BCUT2D eigenvalue weighted by molar-refractivity contribution is -0.0622. The molecule has 0 aliphatic rings. The smallest absolute Gasteiger partial charge is 0.273 e. The summed E-state index contributed by atoms with van der Waals surface area (Å²) in [6.45, 7) is 0. The van der Waals surface area contributed by atoms with Crippen molar-refractivity contribution in [2.75, 3.05) is 19.2 Å². The third-order valence-electron chi connectivity index (χ3n) is 1.95. The van der Waals surface area contributed by atoms with Crippen molar-refractivity contribution in [1.29, 1.82) is 0 Å². The summed E-state index contributed by atoms with van der Waals surface area (Å²) in [5.41, 5.74) is 0.252. The SMILES string of the molecule is CON(C)C(=O)N(N=O)c1ccc(Br)c(Cl)c1. The van der Waals surface area contributed by atoms with Gasteiger partial charge < -0.3 is 0 Å². The lowest BCUT2D eigenvalue weighted by Gasteiger charge is -2.19. The van der Waals surface area contributed by atoms with Crippen molar-refractivity contribution in [3.8, 4) is 0 Å². The second-order valence-corrected chi connectivity index (χ2v) is 4.22. The van der Waals surface area contributed by atoms with Crippen LogP contribution in [0.4, 0.5) is 10.5 Å². The summed E-state index contributed by atoms with van der Waals surface area (Å²) in [6.07, 6.45) is 0. The van der Waals surface area contributed by atoms with E-state index in [0.29, 0.717) is 14.5 Å². The van der Waals surface area contributed by atoms with Crippen LogP contribution < -0.4 is 5.01 Å². The van der Waals surface area contributed by atoms with E-state index in [1.807, 2.05) is 0 Å². The zero-order valence-corrected chi connectivity index (χ0v) is 11.4. The molecule has 1 rings (SSSR count). The molecule has 0 saturated heterocycles. The topological polar surface area (TPSA) is 62.2 Å². The van der Waals surface area contributed by atoms with Gasteiger partial charge in [-0.1, -0.05) is 11.6 Å². The van der Waals surface area contributed by atoms with Gasteiger partial charge in [0.25, 0.3) is 0 Å². The molecule has 0 saturated carbocycles. The van der Waals surface area contributed by atoms with E-state index >= 15 is 0 Å². The number of rotatable bonds is 3. The molecular formula is C9H9BrClN3O3. The first-order valence-electron chi connectivity index (χ1n) is 4.41. The summed E-state index contributed by atoms with van der Waals surface area (Å²) < 4.78 is 0.654. The highest BCUT2D eigenvalue weighted by molar-refractivity contribution is 9.10. The predicted molar refractivity (Wildman–Crippen MR) is 67.6 cm³/mol. The van der Waals surface area contributed by atoms with E-state index in [2.05, 4.69) is 26.1 Å². The third-order valence-corrected chi connectivity index (χ3v) is 3.19. The van der Waals surface area contributed by atoms with E-state index in [1.165, 1.54) is 26.3 Å². The number of anilines is 1. The van der Waals surface area contributed by atoms with Gasteiger partial charge in [0, 0.05) is 11.5 Å². The summed E-state index contributed by atoms with van der Waals surface area (Å²) in [6, 6.07) is 3.85. The molecule has 0 aromatic heterocycles. The van der Waals surface area contributed by atoms with Gasteiger partial charge in [0.2, 0.25) is 0 Å². The van der Waals surface area contributed by atoms with Gasteiger partial charge in [0.05, 0.1) is 23.1 Å². The van der Waals surface area contributed by atoms with Crippen LogP contribution in [0.3, 0.4) is 0 Å². The van der Waals surface area contributed by atoms with Crippen LogP contribution in [0.5, 0.6) is 0 Å². The number of urea groups is 1. The van der Waals surface area contributed by atoms with Crippen molar-refractivity contribution in [3.63, 3.8) is 0 Å². The number of nitroso groups, excluding NO2 is 1. The lowest BCUT2D eigenvalue weighted by atomic mass is 10.3. The number of hydrogen-bond donors (Lipinski definition) is 0. The zero-order chi connectivity index (χ0) is 13.0. The van der Waals surface area contributed by atoms with Crippen LogP contribution in [0, 0.1) is 4.91 Å². The fraction of sp³-hybridized carbons (Fsp3) is 0.222. The van der Waals surface area contributed by atoms with Crippen LogP contribution in [0.25, 0.3) is 0 Å². The monoisotopic (exact) mass is 321 g/mol. The largest absolute Gasteiger partial charge is 0.371 e. The molecule has 0 aliphatic carbocycles. The first-order valence-corrected chi connectivity index (χ1v) is 5.58. The van der Waals surface area contributed by atoms with E-state index < -0.39 is 6.03 Å². The average molecular weight is 323 g/mol. The van der Waals surface area contributed by atoms with Gasteiger partial charge in [-0.2, -0.15) is 0 Å². The van der Waals surface area contributed by atoms with E-state index in [1.54, 1.807) is 6.07 Å². The fourth-order valence-electron chi connectivity index (χ4n) is 1.02. The highest BCUT2D eigenvalue weighted by Gasteiger charge is 2.21. The van der Waals surface area contributed by atoms with Crippen molar-refractivity contribution in [2.45, 2.75) is 0 Å². The summed E-state index contributed by atoms with van der Waals surface area (Å²) in [5, 5.41) is 4.51. The number of carbonyl (C=O) groups is 1. The quantitative estimate of drug-likeness (QED) is 0.634. The minimum absolute atomic E-state index is 0.252. The fourth-order valence-corrected chi connectivity index (χ4v) is 1.44. The number of hydroxylamine groups is 2. The molecule has 2 amide bonds. The predicted octanol–water partition coefficient (Wildman–Crippen LogP) is 3.20. The normalized spacial score (nSPS) is 9.88. The van der Waals surface area contributed by atoms with Crippen LogP contribution in [-0.2, 0) is 4.84 Å². The van der Waals surface area contributed by atoms with Crippen LogP contribution in [0.1, 0.15) is 0 Å². The standard InChI is InChI=1S/C9H9BrClN3O3/c1-13(17-2)9(15)14(12-16)6-3-4-7(10)8(11)5-6/h3-5H,1-2H3. The lowest BCUT2D eigenvalue weighted by Crippen LogP contribution is -2.37. The van der Waals surface area contributed by atoms with E-state index in [0.717, 1.165) is 5.06 Å². The van der Waals surface area contributed by atoms with Gasteiger partial charge in [-0.25, -0.2) is 9.86 Å². The van der Waals surface area contributed by atoms with Gasteiger partial charge in [-0.15, -0.1) is 9.92 Å². The van der Waals surface area contributed by atoms with Crippen LogP contribution >= 0.6 is 27.5 Å². The Morgan fingerprint density at radius 1 is 1.53 bits per heavy atom. The number of amides is 2. The van der Waals surface area contributed by atoms with Crippen LogP contribution in [0.15, 0.2) is 28.0 Å². The zero-order valence-electron chi connectivity index (χ0n) is 9.05. The van der Waals surface area contributed by atoms with Crippen molar-refractivity contribution in [1.82, 2.24) is 5.06 Å². The molecule has 0 aliphatic heterocycles. The molecular weight excluding hydrogens is 313 g/mol. The number of benzene rings is 1. The molecule has 0 heterocycles. The molecule has 0 fully saturated rings. The number of hydrogen-bond acceptors (Lipinski definition) is 4. The molecule has 0 spiro atoms. The molecule has 8 heteroatoms. The van der Waals surface area contributed by atoms with Gasteiger partial charge in [0.15, 0.2) is 0 Å². The molecule has 1 aromatic rings. The Morgan fingerprint density at radius 3 is 2.65 bits per heavy atom. The van der Waals surface area contributed by atoms with Crippen molar-refractivity contribution < 1.29 is 9.63 Å². The molecule has 92 valence electrons. The minimum Gasteiger partial charge on any atom is -0.273 e. The summed E-state index contributed by atoms with van der Waals surface area (Å²) in [4.78, 5) is 27.0. The van der Waals surface area contributed by atoms with E-state index in [9.17, 15) is 9.70 Å². The Labute approximate surface area is 111 Å². The Bertz CT molecular complexity index is 443. The van der Waals surface area contributed by atoms with Crippen LogP contribution in [0.2, 0.25) is 5.02 Å². The van der Waals surface area contributed by atoms with Gasteiger partial charge in [-0.05, 0) is 34.1 Å². The summed E-state index contributed by atoms with van der Waals surface area (Å²) >= 11 is 9.06. The van der Waals surface area contributed by atoms with E-state index in [-0.39, 0.29) is 5.69 Å². The molecule has 0 bridgehead atoms. The van der Waals surface area contributed by atoms with Crippen molar-refractivity contribution in [2.24, 2.45) is 5.29 Å². The second kappa shape index (κ2) is 5.95. The van der Waals surface area contributed by atoms with Gasteiger partial charge in [0.1, 0.15) is 0 Å². The maximum Gasteiger partial charge on any atom is 0.371 e. The minimum atomic E-state index is -0.721. The number of nitrogens with zero attached hydrogens (tertiary/aromatic N) is 3. The first kappa shape index (κ1) is 13.9. The Balaban J connectivity index is 3.05. The highest BCUT2D eigenvalue weighted by atomic mass is 79.9. The highest BCUT2D eigenvalue weighted by Crippen LogP contribution is 2.28. The molecule has 0 unspecified atom stereocenters. The first-order chi connectivity index (χ1) is 8.01. The molecule has 1 aromatic carbocycles. The van der Waals surface area contributed by atoms with Gasteiger partial charge in [-0.3, -0.25) is 4.84 Å². The van der Waals surface area contributed by atoms with Gasteiger partial charge >= 0.3 is 6.03 Å². The molecule has 0 atom stereocenters. The Morgan fingerprint density at radius 2 is 2.18 bits per heavy atom. The Hall–Kier alpha value is -1.18. The molecule has 0 radical (unpaired) electrons. The van der Waals surface area contributed by atoms with Crippen LogP contribution in [-0.4, -0.2) is 25.3 Å². The molecule has 6 nitrogen and oxygen atoms in total. The van der Waals surface area contributed by atoms with Crippen molar-refractivity contribution in [3.05, 3.63) is 32.6 Å². The van der Waals surface area contributed by atoms with E-state index in [4.69, 9.17) is 11.6 Å². The third kappa shape index (κ3) is 3.15. The maximum absolute atomic E-state index is 11.7. The Kier molecular flexibility index (Phi) is 4.86. The number of halogens is 2. The number of carbonyl (C=O) groups excluding carboxylic acids is 1. The summed E-state index contributed by atoms with van der Waals surface area (Å²) in [5.74, 6) is 0. The second-order valence-electron chi connectivity index (χ2n) is 2.95. The molecule has 17 heavy (non-hydrogen) atoms. The maximum atomic E-state index is 11.7. The molecule has 0 N–H and O–H groups in total. The summed E-state index contributed by atoms with van der Waals surface area (Å²) in [7, 11) is 2.66. The average Bonchev–Trinajstić information content (AvgIpc) is 2.33.